The Morgan fingerprint density at radius 1 is 1.50 bits per heavy atom. The van der Waals surface area contributed by atoms with E-state index in [4.69, 9.17) is 5.11 Å². The zero-order valence-electron chi connectivity index (χ0n) is 5.63. The molecule has 2 N–H and O–H groups in total. The molecule has 0 rings (SSSR count). The molecule has 0 aliphatic heterocycles. The molecule has 0 saturated heterocycles. The van der Waals surface area contributed by atoms with Crippen molar-refractivity contribution in [1.82, 2.24) is 5.23 Å². The predicted molar refractivity (Wildman–Crippen MR) is 37.9 cm³/mol. The Kier molecular flexibility index (Phi) is 4.03. The van der Waals surface area contributed by atoms with Crippen molar-refractivity contribution in [2.24, 2.45) is 0 Å². The van der Waals surface area contributed by atoms with Crippen LogP contribution in [0, 0.1) is 0 Å². The molecule has 0 saturated carbocycles. The second-order valence-corrected chi connectivity index (χ2v) is 1.57. The van der Waals surface area contributed by atoms with Gasteiger partial charge in [0.2, 0.25) is 13.3 Å². The topological polar surface area (TPSA) is 66.4 Å². The molecule has 0 unspecified atom stereocenters. The molecular formula is C5H8BNO3. The van der Waals surface area contributed by atoms with Gasteiger partial charge in [-0.3, -0.25) is 4.79 Å². The van der Waals surface area contributed by atoms with Gasteiger partial charge in [0.05, 0.1) is 0 Å². The van der Waals surface area contributed by atoms with Gasteiger partial charge in [-0.1, -0.05) is 6.82 Å². The number of carbonyl (C=O) groups is 2. The van der Waals surface area contributed by atoms with Crippen LogP contribution in [0.5, 0.6) is 0 Å². The Hall–Kier alpha value is -1.26. The lowest BCUT2D eigenvalue weighted by Crippen LogP contribution is -2.22. The molecule has 1 amide bonds. The molecule has 0 aromatic carbocycles. The number of hydrogen-bond acceptors (Lipinski definition) is 2. The number of aliphatic carboxylic acids is 1. The minimum atomic E-state index is -1.12. The summed E-state index contributed by atoms with van der Waals surface area (Å²) in [5, 5.41) is 10.5. The number of rotatable bonds is 3. The number of carboxylic acid groups (broad SMARTS) is 1. The monoisotopic (exact) mass is 141 g/mol. The average Bonchev–Trinajstić information content (AvgIpc) is 1.85. The molecule has 0 aromatic heterocycles. The second kappa shape index (κ2) is 4.61. The van der Waals surface area contributed by atoms with Crippen molar-refractivity contribution in [1.29, 1.82) is 0 Å². The molecule has 0 spiro atoms. The van der Waals surface area contributed by atoms with E-state index in [2.05, 4.69) is 5.23 Å². The average molecular weight is 141 g/mol. The molecule has 10 heavy (non-hydrogen) atoms. The fraction of sp³-hybridized carbons (Fsp3) is 0.200. The van der Waals surface area contributed by atoms with Crippen molar-refractivity contribution >= 4 is 19.3 Å². The zero-order chi connectivity index (χ0) is 7.98. The number of carboxylic acids is 1. The summed E-state index contributed by atoms with van der Waals surface area (Å²) in [5.74, 6) is -1.50. The maximum atomic E-state index is 10.5. The number of nitrogens with one attached hydrogen (secondary N) is 1. The van der Waals surface area contributed by atoms with Gasteiger partial charge in [-0.2, -0.15) is 0 Å². The lowest BCUT2D eigenvalue weighted by atomic mass is 10.0. The van der Waals surface area contributed by atoms with Crippen LogP contribution in [0.3, 0.4) is 0 Å². The Labute approximate surface area is 59.2 Å². The van der Waals surface area contributed by atoms with Crippen molar-refractivity contribution in [3.8, 4) is 0 Å². The van der Waals surface area contributed by atoms with Crippen molar-refractivity contribution < 1.29 is 14.7 Å². The van der Waals surface area contributed by atoms with Crippen LogP contribution in [0.4, 0.5) is 0 Å². The van der Waals surface area contributed by atoms with Gasteiger partial charge in [0.15, 0.2) is 0 Å². The first-order valence-electron chi connectivity index (χ1n) is 2.85. The molecule has 0 aliphatic carbocycles. The van der Waals surface area contributed by atoms with Crippen LogP contribution in [-0.4, -0.2) is 24.4 Å². The lowest BCUT2D eigenvalue weighted by molar-refractivity contribution is -0.131. The van der Waals surface area contributed by atoms with Crippen LogP contribution in [0.1, 0.15) is 0 Å². The first kappa shape index (κ1) is 8.74. The van der Waals surface area contributed by atoms with Gasteiger partial charge >= 0.3 is 5.97 Å². The van der Waals surface area contributed by atoms with Crippen LogP contribution >= 0.6 is 0 Å². The zero-order valence-corrected chi connectivity index (χ0v) is 5.63. The molecule has 4 nitrogen and oxygen atoms in total. The quantitative estimate of drug-likeness (QED) is 0.397. The number of amides is 1. The summed E-state index contributed by atoms with van der Waals surface area (Å²) < 4.78 is 0. The van der Waals surface area contributed by atoms with Gasteiger partial charge in [-0.05, 0) is 0 Å². The summed E-state index contributed by atoms with van der Waals surface area (Å²) in [6.45, 7) is 1.76. The predicted octanol–water partition coefficient (Wildman–Crippen LogP) is -0.857. The summed E-state index contributed by atoms with van der Waals surface area (Å²) in [5.41, 5.74) is 0. The van der Waals surface area contributed by atoms with E-state index >= 15 is 0 Å². The molecule has 0 fully saturated rings. The minimum absolute atomic E-state index is 0.384. The van der Waals surface area contributed by atoms with Crippen molar-refractivity contribution in [3.05, 3.63) is 12.2 Å². The van der Waals surface area contributed by atoms with E-state index in [1.807, 2.05) is 0 Å². The largest absolute Gasteiger partial charge is 0.478 e. The molecule has 0 aromatic rings. The van der Waals surface area contributed by atoms with E-state index in [0.29, 0.717) is 7.41 Å². The molecule has 0 aliphatic rings. The van der Waals surface area contributed by atoms with Gasteiger partial charge in [0.25, 0.3) is 0 Å². The van der Waals surface area contributed by atoms with E-state index in [1.54, 1.807) is 6.82 Å². The summed E-state index contributed by atoms with van der Waals surface area (Å²) in [6, 6.07) is 0. The summed E-state index contributed by atoms with van der Waals surface area (Å²) in [6.07, 6.45) is 1.77. The van der Waals surface area contributed by atoms with Crippen LogP contribution in [0.2, 0.25) is 6.82 Å². The first-order valence-corrected chi connectivity index (χ1v) is 2.85. The normalized spacial score (nSPS) is 9.30. The Balaban J connectivity index is 3.67. The van der Waals surface area contributed by atoms with E-state index in [1.165, 1.54) is 0 Å². The van der Waals surface area contributed by atoms with E-state index in [0.717, 1.165) is 12.2 Å². The lowest BCUT2D eigenvalue weighted by Gasteiger charge is -1.90. The Morgan fingerprint density at radius 3 is 2.50 bits per heavy atom. The maximum Gasteiger partial charge on any atom is 0.328 e. The highest BCUT2D eigenvalue weighted by molar-refractivity contribution is 6.36. The number of carbonyl (C=O) groups excluding carboxylic acids is 1. The molecule has 54 valence electrons. The fourth-order valence-corrected chi connectivity index (χ4v) is 0.380. The highest BCUT2D eigenvalue weighted by Crippen LogP contribution is 1.72. The van der Waals surface area contributed by atoms with E-state index in [9.17, 15) is 9.59 Å². The highest BCUT2D eigenvalue weighted by atomic mass is 16.4. The minimum Gasteiger partial charge on any atom is -0.478 e. The van der Waals surface area contributed by atoms with E-state index < -0.39 is 5.97 Å². The molecule has 5 heteroatoms. The molecule has 0 heterocycles. The summed E-state index contributed by atoms with van der Waals surface area (Å²) in [7, 11) is 0.503. The van der Waals surface area contributed by atoms with Crippen LogP contribution in [0.25, 0.3) is 0 Å². The third kappa shape index (κ3) is 4.89. The Bertz CT molecular complexity index is 166. The fourth-order valence-electron chi connectivity index (χ4n) is 0.380. The standard InChI is InChI=1S/C5H8BNO3/c1-6-7-4(8)2-3-5(9)10/h2-3,6H,1H3,(H,7,8)(H,9,10)/b3-2+. The summed E-state index contributed by atoms with van der Waals surface area (Å²) >= 11 is 0. The Morgan fingerprint density at radius 2 is 2.10 bits per heavy atom. The van der Waals surface area contributed by atoms with Crippen molar-refractivity contribution in [2.75, 3.05) is 0 Å². The van der Waals surface area contributed by atoms with Gasteiger partial charge < -0.3 is 10.3 Å². The number of hydrogen-bond donors (Lipinski definition) is 2. The van der Waals surface area contributed by atoms with Crippen LogP contribution < -0.4 is 5.23 Å². The summed E-state index contributed by atoms with van der Waals surface area (Å²) in [4.78, 5) is 20.3. The maximum absolute atomic E-state index is 10.5. The van der Waals surface area contributed by atoms with Crippen LogP contribution in [0.15, 0.2) is 12.2 Å². The van der Waals surface area contributed by atoms with Gasteiger partial charge in [0, 0.05) is 12.2 Å². The third-order valence-corrected chi connectivity index (χ3v) is 0.728. The highest BCUT2D eigenvalue weighted by Gasteiger charge is 1.92. The van der Waals surface area contributed by atoms with Crippen LogP contribution in [-0.2, 0) is 9.59 Å². The molecular weight excluding hydrogens is 133 g/mol. The van der Waals surface area contributed by atoms with Gasteiger partial charge in [-0.15, -0.1) is 0 Å². The molecule has 0 atom stereocenters. The third-order valence-electron chi connectivity index (χ3n) is 0.728. The second-order valence-electron chi connectivity index (χ2n) is 1.57. The van der Waals surface area contributed by atoms with Gasteiger partial charge in [0.1, 0.15) is 0 Å². The molecule has 0 radical (unpaired) electrons. The van der Waals surface area contributed by atoms with E-state index in [-0.39, 0.29) is 5.91 Å². The van der Waals surface area contributed by atoms with Crippen molar-refractivity contribution in [3.63, 3.8) is 0 Å². The molecule has 0 bridgehead atoms. The SMILES string of the molecule is CBNC(=O)/C=C/C(=O)O. The van der Waals surface area contributed by atoms with Crippen molar-refractivity contribution in [2.45, 2.75) is 6.82 Å². The van der Waals surface area contributed by atoms with Gasteiger partial charge in [-0.25, -0.2) is 4.79 Å². The first-order chi connectivity index (χ1) is 4.66. The smallest absolute Gasteiger partial charge is 0.328 e.